The van der Waals surface area contributed by atoms with E-state index in [1.165, 1.54) is 18.4 Å². The van der Waals surface area contributed by atoms with Gasteiger partial charge in [-0.25, -0.2) is 13.2 Å². The summed E-state index contributed by atoms with van der Waals surface area (Å²) >= 11 is 0. The molecule has 2 heterocycles. The van der Waals surface area contributed by atoms with Crippen molar-refractivity contribution < 1.29 is 8.42 Å². The van der Waals surface area contributed by atoms with Crippen molar-refractivity contribution in [3.63, 3.8) is 0 Å². The van der Waals surface area contributed by atoms with E-state index in [0.717, 1.165) is 15.3 Å². The van der Waals surface area contributed by atoms with Gasteiger partial charge >= 0.3 is 5.69 Å². The highest BCUT2D eigenvalue weighted by Crippen LogP contribution is 2.13. The maximum Gasteiger partial charge on any atom is 0.330 e. The Hall–Kier alpha value is -1.16. The molecule has 21 heavy (non-hydrogen) atoms. The molecule has 120 valence electrons. The first-order valence-corrected chi connectivity index (χ1v) is 7.69. The molecule has 10 heteroatoms. The zero-order valence-corrected chi connectivity index (χ0v) is 13.7. The highest BCUT2D eigenvalue weighted by molar-refractivity contribution is 7.89. The van der Waals surface area contributed by atoms with Crippen molar-refractivity contribution in [1.29, 1.82) is 0 Å². The first kappa shape index (κ1) is 17.9. The van der Waals surface area contributed by atoms with Crippen molar-refractivity contribution in [1.82, 2.24) is 18.8 Å². The Labute approximate surface area is 128 Å². The molecule has 1 fully saturated rings. The van der Waals surface area contributed by atoms with E-state index in [1.54, 1.807) is 0 Å². The van der Waals surface area contributed by atoms with Gasteiger partial charge in [0.05, 0.1) is 0 Å². The minimum absolute atomic E-state index is 0. The van der Waals surface area contributed by atoms with E-state index in [0.29, 0.717) is 19.6 Å². The van der Waals surface area contributed by atoms with Crippen molar-refractivity contribution >= 4 is 22.4 Å². The highest BCUT2D eigenvalue weighted by Gasteiger charge is 2.31. The van der Waals surface area contributed by atoms with E-state index in [4.69, 9.17) is 0 Å². The maximum absolute atomic E-state index is 12.5. The lowest BCUT2D eigenvalue weighted by molar-refractivity contribution is 0.309. The summed E-state index contributed by atoms with van der Waals surface area (Å²) in [6, 6.07) is 0.0231. The standard InChI is InChI=1S/C11H18N4O4S.ClH/c1-8-6-15(5-4-12-8)20(18,19)9-7-13(2)11(17)14(3)10(9)16;/h7-8,12H,4-6H2,1-3H3;1H. The number of sulfonamides is 1. The third-order valence-electron chi connectivity index (χ3n) is 3.36. The molecule has 2 rings (SSSR count). The number of nitrogens with one attached hydrogen (secondary N) is 1. The fourth-order valence-electron chi connectivity index (χ4n) is 2.21. The van der Waals surface area contributed by atoms with E-state index in [9.17, 15) is 18.0 Å². The quantitative estimate of drug-likeness (QED) is 0.707. The maximum atomic E-state index is 12.5. The average Bonchev–Trinajstić information content (AvgIpc) is 2.40. The fourth-order valence-corrected chi connectivity index (χ4v) is 3.88. The third-order valence-corrected chi connectivity index (χ3v) is 5.21. The lowest BCUT2D eigenvalue weighted by Crippen LogP contribution is -2.52. The number of aryl methyl sites for hydroxylation is 1. The first-order chi connectivity index (χ1) is 9.25. The smallest absolute Gasteiger partial charge is 0.312 e. The van der Waals surface area contributed by atoms with E-state index in [-0.39, 0.29) is 23.3 Å². The van der Waals surface area contributed by atoms with Crippen LogP contribution in [-0.2, 0) is 24.1 Å². The first-order valence-electron chi connectivity index (χ1n) is 6.25. The van der Waals surface area contributed by atoms with Crippen LogP contribution in [0.15, 0.2) is 20.7 Å². The second kappa shape index (κ2) is 6.30. The second-order valence-corrected chi connectivity index (χ2v) is 6.88. The molecule has 0 amide bonds. The van der Waals surface area contributed by atoms with Gasteiger partial charge in [-0.2, -0.15) is 4.31 Å². The van der Waals surface area contributed by atoms with Crippen molar-refractivity contribution in [2.45, 2.75) is 17.9 Å². The van der Waals surface area contributed by atoms with Crippen LogP contribution in [0.25, 0.3) is 0 Å². The molecule has 1 atom stereocenters. The van der Waals surface area contributed by atoms with Crippen LogP contribution in [0, 0.1) is 0 Å². The monoisotopic (exact) mass is 338 g/mol. The zero-order chi connectivity index (χ0) is 15.1. The van der Waals surface area contributed by atoms with Crippen molar-refractivity contribution in [2.24, 2.45) is 14.1 Å². The highest BCUT2D eigenvalue weighted by atomic mass is 35.5. The summed E-state index contributed by atoms with van der Waals surface area (Å²) < 4.78 is 28.3. The van der Waals surface area contributed by atoms with Crippen molar-refractivity contribution in [3.8, 4) is 0 Å². The summed E-state index contributed by atoms with van der Waals surface area (Å²) in [4.78, 5) is 23.3. The third kappa shape index (κ3) is 3.20. The van der Waals surface area contributed by atoms with Gasteiger partial charge in [0.2, 0.25) is 10.0 Å². The van der Waals surface area contributed by atoms with Crippen LogP contribution in [-0.4, -0.2) is 47.5 Å². The van der Waals surface area contributed by atoms with Crippen LogP contribution in [0.4, 0.5) is 0 Å². The minimum atomic E-state index is -3.89. The van der Waals surface area contributed by atoms with Crippen molar-refractivity contribution in [2.75, 3.05) is 19.6 Å². The minimum Gasteiger partial charge on any atom is -0.312 e. The molecule has 1 N–H and O–H groups in total. The van der Waals surface area contributed by atoms with Gasteiger partial charge in [-0.1, -0.05) is 0 Å². The van der Waals surface area contributed by atoms with Gasteiger partial charge in [0, 0.05) is 46.0 Å². The van der Waals surface area contributed by atoms with E-state index < -0.39 is 21.3 Å². The Morgan fingerprint density at radius 1 is 1.29 bits per heavy atom. The topological polar surface area (TPSA) is 93.4 Å². The second-order valence-electron chi connectivity index (χ2n) is 4.97. The SMILES string of the molecule is CC1CN(S(=O)(=O)c2cn(C)c(=O)n(C)c2=O)CCN1.Cl. The summed E-state index contributed by atoms with van der Waals surface area (Å²) in [6.45, 7) is 3.01. The molecular formula is C11H19ClN4O4S. The lowest BCUT2D eigenvalue weighted by atomic mass is 10.3. The Balaban J connectivity index is 0.00000220. The van der Waals surface area contributed by atoms with Gasteiger partial charge in [-0.3, -0.25) is 9.36 Å². The molecular weight excluding hydrogens is 320 g/mol. The number of rotatable bonds is 2. The summed E-state index contributed by atoms with van der Waals surface area (Å²) in [5.41, 5.74) is -1.35. The number of aromatic nitrogens is 2. The predicted molar refractivity (Wildman–Crippen MR) is 80.4 cm³/mol. The van der Waals surface area contributed by atoms with Gasteiger partial charge in [0.1, 0.15) is 0 Å². The molecule has 0 radical (unpaired) electrons. The number of hydrogen-bond acceptors (Lipinski definition) is 5. The summed E-state index contributed by atoms with van der Waals surface area (Å²) in [6.07, 6.45) is 1.09. The largest absolute Gasteiger partial charge is 0.330 e. The fraction of sp³-hybridized carbons (Fsp3) is 0.636. The van der Waals surface area contributed by atoms with Gasteiger partial charge in [0.25, 0.3) is 5.56 Å². The molecule has 1 aliphatic heterocycles. The lowest BCUT2D eigenvalue weighted by Gasteiger charge is -2.30. The van der Waals surface area contributed by atoms with Gasteiger partial charge in [-0.05, 0) is 6.92 Å². The van der Waals surface area contributed by atoms with Crippen LogP contribution in [0.3, 0.4) is 0 Å². The number of hydrogen-bond donors (Lipinski definition) is 1. The summed E-state index contributed by atoms with van der Waals surface area (Å²) in [5.74, 6) is 0. The van der Waals surface area contributed by atoms with Gasteiger partial charge in [-0.15, -0.1) is 12.4 Å². The Bertz CT molecular complexity index is 740. The van der Waals surface area contributed by atoms with E-state index in [1.807, 2.05) is 6.92 Å². The van der Waals surface area contributed by atoms with Crippen LogP contribution in [0.2, 0.25) is 0 Å². The molecule has 1 saturated heterocycles. The van der Waals surface area contributed by atoms with Crippen LogP contribution in [0.1, 0.15) is 6.92 Å². The van der Waals surface area contributed by atoms with Crippen LogP contribution in [0.5, 0.6) is 0 Å². The average molecular weight is 339 g/mol. The Morgan fingerprint density at radius 2 is 1.90 bits per heavy atom. The molecule has 1 aromatic rings. The molecule has 0 aliphatic carbocycles. The van der Waals surface area contributed by atoms with Gasteiger partial charge in [0.15, 0.2) is 4.90 Å². The molecule has 0 bridgehead atoms. The molecule has 8 nitrogen and oxygen atoms in total. The van der Waals surface area contributed by atoms with E-state index in [2.05, 4.69) is 5.32 Å². The molecule has 0 aromatic carbocycles. The van der Waals surface area contributed by atoms with Gasteiger partial charge < -0.3 is 9.88 Å². The summed E-state index contributed by atoms with van der Waals surface area (Å²) in [5, 5.41) is 3.14. The summed E-state index contributed by atoms with van der Waals surface area (Å²) in [7, 11) is -1.20. The Kier molecular flexibility index (Phi) is 5.37. The Morgan fingerprint density at radius 3 is 2.48 bits per heavy atom. The number of halogens is 1. The molecule has 1 aliphatic rings. The van der Waals surface area contributed by atoms with Crippen LogP contribution >= 0.6 is 12.4 Å². The van der Waals surface area contributed by atoms with E-state index >= 15 is 0 Å². The van der Waals surface area contributed by atoms with Crippen molar-refractivity contribution in [3.05, 3.63) is 27.0 Å². The molecule has 0 saturated carbocycles. The molecule has 1 aromatic heterocycles. The molecule has 0 spiro atoms. The molecule has 1 unspecified atom stereocenters. The van der Waals surface area contributed by atoms with Crippen LogP contribution < -0.4 is 16.6 Å². The number of piperazine rings is 1. The zero-order valence-electron chi connectivity index (χ0n) is 12.1. The number of nitrogens with zero attached hydrogens (tertiary/aromatic N) is 3. The predicted octanol–water partition coefficient (Wildman–Crippen LogP) is -1.51. The normalized spacial score (nSPS) is 20.0.